The van der Waals surface area contributed by atoms with Crippen LogP contribution in [0, 0.1) is 11.6 Å². The van der Waals surface area contributed by atoms with Gasteiger partial charge in [0.25, 0.3) is 0 Å². The van der Waals surface area contributed by atoms with Crippen molar-refractivity contribution in [2.45, 2.75) is 5.88 Å². The molecule has 1 aromatic heterocycles. The van der Waals surface area contributed by atoms with Gasteiger partial charge in [-0.3, -0.25) is 0 Å². The van der Waals surface area contributed by atoms with Crippen LogP contribution in [0.5, 0.6) is 0 Å². The second-order valence-corrected chi connectivity index (χ2v) is 3.18. The molecular formula is C9H6ClF2N3O. The Morgan fingerprint density at radius 2 is 1.88 bits per heavy atom. The fourth-order valence-corrected chi connectivity index (χ4v) is 1.22. The molecule has 2 aromatic rings. The van der Waals surface area contributed by atoms with E-state index in [0.717, 1.165) is 18.2 Å². The molecule has 0 fully saturated rings. The van der Waals surface area contributed by atoms with Crippen molar-refractivity contribution in [2.24, 2.45) is 0 Å². The van der Waals surface area contributed by atoms with Crippen molar-refractivity contribution in [1.82, 2.24) is 10.2 Å². The van der Waals surface area contributed by atoms with Crippen LogP contribution in [0.3, 0.4) is 0 Å². The predicted molar refractivity (Wildman–Crippen MR) is 53.5 cm³/mol. The van der Waals surface area contributed by atoms with E-state index in [1.54, 1.807) is 0 Å². The topological polar surface area (TPSA) is 51.0 Å². The molecule has 2 rings (SSSR count). The van der Waals surface area contributed by atoms with Gasteiger partial charge in [0.1, 0.15) is 17.5 Å². The number of hydrogen-bond acceptors (Lipinski definition) is 4. The van der Waals surface area contributed by atoms with Crippen molar-refractivity contribution in [3.05, 3.63) is 35.7 Å². The van der Waals surface area contributed by atoms with Gasteiger partial charge in [-0.2, -0.15) is 0 Å². The third kappa shape index (κ3) is 2.46. The molecule has 0 aliphatic heterocycles. The molecule has 1 heterocycles. The largest absolute Gasteiger partial charge is 0.407 e. The molecule has 1 aromatic carbocycles. The van der Waals surface area contributed by atoms with E-state index >= 15 is 0 Å². The van der Waals surface area contributed by atoms with Crippen LogP contribution in [0.1, 0.15) is 5.89 Å². The Morgan fingerprint density at radius 3 is 2.44 bits per heavy atom. The Kier molecular flexibility index (Phi) is 3.00. The first kappa shape index (κ1) is 10.8. The van der Waals surface area contributed by atoms with Crippen molar-refractivity contribution in [3.8, 4) is 0 Å². The molecule has 0 radical (unpaired) electrons. The third-order valence-electron chi connectivity index (χ3n) is 1.69. The zero-order chi connectivity index (χ0) is 11.5. The lowest BCUT2D eigenvalue weighted by Gasteiger charge is -2.00. The van der Waals surface area contributed by atoms with Crippen LogP contribution in [0.2, 0.25) is 0 Å². The first-order valence-corrected chi connectivity index (χ1v) is 4.82. The summed E-state index contributed by atoms with van der Waals surface area (Å²) in [5, 5.41) is 9.72. The smallest absolute Gasteiger partial charge is 0.320 e. The maximum atomic E-state index is 12.8. The Labute approximate surface area is 94.2 Å². The fraction of sp³-hybridized carbons (Fsp3) is 0.111. The average molecular weight is 246 g/mol. The number of aromatic nitrogens is 2. The van der Waals surface area contributed by atoms with Gasteiger partial charge in [0.2, 0.25) is 5.89 Å². The van der Waals surface area contributed by atoms with E-state index in [1.807, 2.05) is 0 Å². The van der Waals surface area contributed by atoms with Gasteiger partial charge < -0.3 is 9.73 Å². The lowest BCUT2D eigenvalue weighted by molar-refractivity contribution is 0.530. The molecule has 4 nitrogen and oxygen atoms in total. The fourth-order valence-electron chi connectivity index (χ4n) is 1.11. The quantitative estimate of drug-likeness (QED) is 0.845. The Morgan fingerprint density at radius 1 is 1.19 bits per heavy atom. The second-order valence-electron chi connectivity index (χ2n) is 2.92. The number of halogens is 3. The van der Waals surface area contributed by atoms with Gasteiger partial charge in [-0.25, -0.2) is 8.78 Å². The highest BCUT2D eigenvalue weighted by molar-refractivity contribution is 6.16. The number of alkyl halides is 1. The van der Waals surface area contributed by atoms with Crippen LogP contribution in [0.25, 0.3) is 0 Å². The average Bonchev–Trinajstić information content (AvgIpc) is 2.64. The van der Waals surface area contributed by atoms with Gasteiger partial charge in [0.15, 0.2) is 0 Å². The number of anilines is 2. The number of nitrogens with one attached hydrogen (secondary N) is 1. The summed E-state index contributed by atoms with van der Waals surface area (Å²) in [6, 6.07) is 3.01. The molecule has 84 valence electrons. The van der Waals surface area contributed by atoms with Crippen LogP contribution in [0.4, 0.5) is 20.5 Å². The summed E-state index contributed by atoms with van der Waals surface area (Å²) >= 11 is 5.45. The molecule has 0 unspecified atom stereocenters. The Bertz CT molecular complexity index is 483. The van der Waals surface area contributed by atoms with E-state index in [4.69, 9.17) is 16.0 Å². The highest BCUT2D eigenvalue weighted by atomic mass is 35.5. The van der Waals surface area contributed by atoms with Crippen LogP contribution in [-0.4, -0.2) is 10.2 Å². The van der Waals surface area contributed by atoms with E-state index in [-0.39, 0.29) is 23.5 Å². The molecule has 0 aliphatic carbocycles. The van der Waals surface area contributed by atoms with Crippen molar-refractivity contribution in [1.29, 1.82) is 0 Å². The van der Waals surface area contributed by atoms with Crippen LogP contribution in [-0.2, 0) is 5.88 Å². The second kappa shape index (κ2) is 4.44. The molecule has 0 bridgehead atoms. The lowest BCUT2D eigenvalue weighted by atomic mass is 10.3. The van der Waals surface area contributed by atoms with E-state index in [1.165, 1.54) is 0 Å². The van der Waals surface area contributed by atoms with Crippen LogP contribution >= 0.6 is 11.6 Å². The van der Waals surface area contributed by atoms with E-state index in [9.17, 15) is 8.78 Å². The summed E-state index contributed by atoms with van der Waals surface area (Å²) in [6.45, 7) is 0. The summed E-state index contributed by atoms with van der Waals surface area (Å²) in [4.78, 5) is 0. The summed E-state index contributed by atoms with van der Waals surface area (Å²) in [6.07, 6.45) is 0. The first-order valence-electron chi connectivity index (χ1n) is 4.29. The zero-order valence-corrected chi connectivity index (χ0v) is 8.63. The minimum Gasteiger partial charge on any atom is -0.407 e. The third-order valence-corrected chi connectivity index (χ3v) is 1.92. The molecule has 0 aliphatic rings. The molecule has 0 amide bonds. The van der Waals surface area contributed by atoms with Gasteiger partial charge in [-0.05, 0) is 12.1 Å². The van der Waals surface area contributed by atoms with Gasteiger partial charge in [0.05, 0.1) is 0 Å². The molecule has 1 N–H and O–H groups in total. The molecule has 0 saturated carbocycles. The minimum atomic E-state index is -0.695. The summed E-state index contributed by atoms with van der Waals surface area (Å²) in [7, 11) is 0. The van der Waals surface area contributed by atoms with Crippen molar-refractivity contribution in [2.75, 3.05) is 5.32 Å². The van der Waals surface area contributed by atoms with Crippen molar-refractivity contribution < 1.29 is 13.2 Å². The number of nitrogens with zero attached hydrogens (tertiary/aromatic N) is 2. The van der Waals surface area contributed by atoms with E-state index in [0.29, 0.717) is 0 Å². The monoisotopic (exact) mass is 245 g/mol. The maximum absolute atomic E-state index is 12.8. The SMILES string of the molecule is Fc1cc(F)cc(Nc2nnc(CCl)o2)c1. The normalized spacial score (nSPS) is 10.4. The highest BCUT2D eigenvalue weighted by Gasteiger charge is 2.06. The summed E-state index contributed by atoms with van der Waals surface area (Å²) < 4.78 is 30.7. The van der Waals surface area contributed by atoms with E-state index < -0.39 is 11.6 Å². The van der Waals surface area contributed by atoms with Gasteiger partial charge >= 0.3 is 6.01 Å². The Hall–Kier alpha value is -1.69. The van der Waals surface area contributed by atoms with Crippen molar-refractivity contribution in [3.63, 3.8) is 0 Å². The predicted octanol–water partition coefficient (Wildman–Crippen LogP) is 2.83. The number of rotatable bonds is 3. The van der Waals surface area contributed by atoms with Gasteiger partial charge in [-0.1, -0.05) is 5.10 Å². The molecule has 0 atom stereocenters. The number of hydrogen-bond donors (Lipinski definition) is 1. The molecule has 0 spiro atoms. The van der Waals surface area contributed by atoms with Gasteiger partial charge in [0, 0.05) is 11.8 Å². The molecular weight excluding hydrogens is 240 g/mol. The summed E-state index contributed by atoms with van der Waals surface area (Å²) in [5.74, 6) is -1.09. The van der Waals surface area contributed by atoms with Crippen molar-refractivity contribution >= 4 is 23.3 Å². The minimum absolute atomic E-state index is 0.0284. The Balaban J connectivity index is 2.19. The van der Waals surface area contributed by atoms with Gasteiger partial charge in [-0.15, -0.1) is 16.7 Å². The maximum Gasteiger partial charge on any atom is 0.320 e. The summed E-state index contributed by atoms with van der Waals surface area (Å²) in [5.41, 5.74) is 0.183. The highest BCUT2D eigenvalue weighted by Crippen LogP contribution is 2.18. The van der Waals surface area contributed by atoms with Crippen LogP contribution < -0.4 is 5.32 Å². The zero-order valence-electron chi connectivity index (χ0n) is 7.88. The standard InChI is InChI=1S/C9H6ClF2N3O/c10-4-8-14-15-9(16-8)13-7-2-5(11)1-6(12)3-7/h1-3H,4H2,(H,13,15). The molecule has 0 saturated heterocycles. The number of benzene rings is 1. The molecule has 16 heavy (non-hydrogen) atoms. The van der Waals surface area contributed by atoms with E-state index in [2.05, 4.69) is 15.5 Å². The first-order chi connectivity index (χ1) is 7.67. The van der Waals surface area contributed by atoms with Crippen LogP contribution in [0.15, 0.2) is 22.6 Å². The lowest BCUT2D eigenvalue weighted by Crippen LogP contribution is -1.92. The molecule has 7 heteroatoms.